The summed E-state index contributed by atoms with van der Waals surface area (Å²) in [6, 6.07) is 2.69. The van der Waals surface area contributed by atoms with Gasteiger partial charge in [-0.1, -0.05) is 0 Å². The summed E-state index contributed by atoms with van der Waals surface area (Å²) in [6.45, 7) is 0. The molecule has 2 aromatic rings. The van der Waals surface area contributed by atoms with Crippen LogP contribution in [0.25, 0.3) is 11.3 Å². The minimum Gasteiger partial charge on any atom is -0.383 e. The molecule has 2 saturated carbocycles. The third kappa shape index (κ3) is 2.29. The average molecular weight is 322 g/mol. The van der Waals surface area contributed by atoms with E-state index in [-0.39, 0.29) is 17.3 Å². The number of H-pyrrole nitrogens is 1. The maximum absolute atomic E-state index is 12.9. The number of hydrogen-bond acceptors (Lipinski definition) is 4. The number of aromatic amines is 1. The highest BCUT2D eigenvalue weighted by atomic mass is 19.4. The lowest BCUT2D eigenvalue weighted by Crippen LogP contribution is -2.10. The van der Waals surface area contributed by atoms with Gasteiger partial charge in [-0.25, -0.2) is 4.98 Å². The molecule has 0 aliphatic heterocycles. The zero-order valence-electron chi connectivity index (χ0n) is 11.9. The summed E-state index contributed by atoms with van der Waals surface area (Å²) in [5.74, 6) is 0.704. The number of Topliss-reactive ketones (excluding diaryl/α,β-unsaturated/α-hetero) is 1. The van der Waals surface area contributed by atoms with Gasteiger partial charge in [-0.15, -0.1) is 0 Å². The largest absolute Gasteiger partial charge is 0.419 e. The molecular formula is C15H13F3N4O. The van der Waals surface area contributed by atoms with E-state index in [9.17, 15) is 18.0 Å². The number of aromatic nitrogens is 3. The molecule has 2 fully saturated rings. The molecule has 8 heteroatoms. The van der Waals surface area contributed by atoms with Crippen LogP contribution in [0, 0.1) is 11.8 Å². The number of hydrogen-bond donors (Lipinski definition) is 2. The Hall–Kier alpha value is -2.38. The molecule has 2 heterocycles. The van der Waals surface area contributed by atoms with Gasteiger partial charge < -0.3 is 5.73 Å². The van der Waals surface area contributed by atoms with Gasteiger partial charge in [0.05, 0.1) is 11.3 Å². The summed E-state index contributed by atoms with van der Waals surface area (Å²) < 4.78 is 38.7. The van der Waals surface area contributed by atoms with E-state index in [0.29, 0.717) is 30.4 Å². The van der Waals surface area contributed by atoms with Gasteiger partial charge in [0.15, 0.2) is 0 Å². The van der Waals surface area contributed by atoms with Crippen molar-refractivity contribution in [1.29, 1.82) is 0 Å². The molecule has 2 aliphatic rings. The number of nitrogens with two attached hydrogens (primary N) is 1. The van der Waals surface area contributed by atoms with Gasteiger partial charge in [0.1, 0.15) is 11.6 Å². The van der Waals surface area contributed by atoms with E-state index in [2.05, 4.69) is 15.2 Å². The lowest BCUT2D eigenvalue weighted by molar-refractivity contribution is -0.137. The number of ketones is 1. The van der Waals surface area contributed by atoms with Crippen molar-refractivity contribution in [2.45, 2.75) is 24.9 Å². The monoisotopic (exact) mass is 322 g/mol. The van der Waals surface area contributed by atoms with Crippen LogP contribution >= 0.6 is 0 Å². The normalized spacial score (nSPS) is 26.4. The van der Waals surface area contributed by atoms with Crippen LogP contribution in [0.15, 0.2) is 18.3 Å². The zero-order chi connectivity index (χ0) is 16.4. The van der Waals surface area contributed by atoms with Gasteiger partial charge in [0.2, 0.25) is 0 Å². The number of alkyl halides is 3. The first-order valence-electron chi connectivity index (χ1n) is 7.24. The maximum Gasteiger partial charge on any atom is 0.419 e. The molecule has 5 nitrogen and oxygen atoms in total. The number of carbonyl (C=O) groups is 1. The lowest BCUT2D eigenvalue weighted by Gasteiger charge is -2.09. The predicted octanol–water partition coefficient (Wildman–Crippen LogP) is 2.77. The zero-order valence-corrected chi connectivity index (χ0v) is 11.9. The first-order chi connectivity index (χ1) is 10.8. The topological polar surface area (TPSA) is 84.7 Å². The van der Waals surface area contributed by atoms with Gasteiger partial charge >= 0.3 is 6.18 Å². The van der Waals surface area contributed by atoms with E-state index in [1.54, 1.807) is 6.07 Å². The minimum absolute atomic E-state index is 0.260. The van der Waals surface area contributed by atoms with E-state index >= 15 is 0 Å². The van der Waals surface area contributed by atoms with Gasteiger partial charge in [0, 0.05) is 36.2 Å². The molecule has 0 saturated heterocycles. The highest BCUT2D eigenvalue weighted by Crippen LogP contribution is 2.61. The smallest absolute Gasteiger partial charge is 0.383 e. The Bertz CT molecular complexity index is 784. The second-order valence-corrected chi connectivity index (χ2v) is 6.16. The number of rotatable bonds is 2. The van der Waals surface area contributed by atoms with Crippen molar-refractivity contribution in [3.8, 4) is 11.3 Å². The number of halogens is 3. The fourth-order valence-corrected chi connectivity index (χ4v) is 3.57. The van der Waals surface area contributed by atoms with Crippen LogP contribution in [0.1, 0.15) is 30.0 Å². The van der Waals surface area contributed by atoms with Gasteiger partial charge in [-0.3, -0.25) is 9.89 Å². The Morgan fingerprint density at radius 1 is 1.22 bits per heavy atom. The van der Waals surface area contributed by atoms with E-state index in [0.717, 1.165) is 11.8 Å². The quantitative estimate of drug-likeness (QED) is 0.890. The molecule has 2 aliphatic carbocycles. The molecule has 3 N–H and O–H groups in total. The van der Waals surface area contributed by atoms with Crippen LogP contribution in [0.4, 0.5) is 19.0 Å². The molecule has 0 radical (unpaired) electrons. The first-order valence-corrected chi connectivity index (χ1v) is 7.24. The summed E-state index contributed by atoms with van der Waals surface area (Å²) in [5, 5.41) is 6.97. The van der Waals surface area contributed by atoms with Crippen LogP contribution in [-0.4, -0.2) is 21.0 Å². The fraction of sp³-hybridized carbons (Fsp3) is 0.400. The molecule has 23 heavy (non-hydrogen) atoms. The Balaban J connectivity index is 1.62. The van der Waals surface area contributed by atoms with Gasteiger partial charge in [0.25, 0.3) is 0 Å². The number of carbonyl (C=O) groups excluding carboxylic acids is 1. The van der Waals surface area contributed by atoms with Crippen LogP contribution in [0.5, 0.6) is 0 Å². The Labute approximate surface area is 129 Å². The first kappa shape index (κ1) is 14.2. The highest BCUT2D eigenvalue weighted by molar-refractivity contribution is 5.83. The van der Waals surface area contributed by atoms with Crippen LogP contribution in [-0.2, 0) is 11.0 Å². The second kappa shape index (κ2) is 4.56. The predicted molar refractivity (Wildman–Crippen MR) is 75.2 cm³/mol. The van der Waals surface area contributed by atoms with E-state index in [1.807, 2.05) is 0 Å². The Morgan fingerprint density at radius 3 is 2.57 bits per heavy atom. The Kier molecular flexibility index (Phi) is 2.82. The van der Waals surface area contributed by atoms with Crippen molar-refractivity contribution in [1.82, 2.24) is 15.2 Å². The third-order valence-corrected chi connectivity index (χ3v) is 4.73. The molecule has 4 rings (SSSR count). The van der Waals surface area contributed by atoms with Crippen molar-refractivity contribution >= 4 is 11.6 Å². The summed E-state index contributed by atoms with van der Waals surface area (Å²) in [6.07, 6.45) is -2.10. The summed E-state index contributed by atoms with van der Waals surface area (Å²) >= 11 is 0. The molecule has 0 aromatic carbocycles. The molecule has 120 valence electrons. The van der Waals surface area contributed by atoms with Crippen molar-refractivity contribution in [2.75, 3.05) is 5.73 Å². The van der Waals surface area contributed by atoms with Crippen molar-refractivity contribution in [3.05, 3.63) is 29.6 Å². The SMILES string of the molecule is Nc1ncc(-c2cc([C@@H]3[C@@H]4CC(=O)C[C@@H]43)[nH]n2)cc1C(F)(F)F. The minimum atomic E-state index is -4.56. The summed E-state index contributed by atoms with van der Waals surface area (Å²) in [4.78, 5) is 14.9. The number of pyridine rings is 1. The molecule has 0 bridgehead atoms. The van der Waals surface area contributed by atoms with E-state index < -0.39 is 17.6 Å². The molecule has 3 atom stereocenters. The summed E-state index contributed by atoms with van der Waals surface area (Å²) in [5.41, 5.74) is 5.86. The molecule has 2 aromatic heterocycles. The van der Waals surface area contributed by atoms with Crippen LogP contribution < -0.4 is 5.73 Å². The number of nitrogens with zero attached hydrogens (tertiary/aromatic N) is 2. The molecule has 0 unspecified atom stereocenters. The summed E-state index contributed by atoms with van der Waals surface area (Å²) in [7, 11) is 0. The number of nitrogens with one attached hydrogen (secondary N) is 1. The number of anilines is 1. The maximum atomic E-state index is 12.9. The molecular weight excluding hydrogens is 309 g/mol. The standard InChI is InChI=1S/C15H13F3N4O/c16-15(17,18)10-1-6(5-20-14(10)19)11-4-12(22-21-11)13-8-2-7(23)3-9(8)13/h1,4-5,8-9,13H,2-3H2,(H2,19,20)(H,21,22)/t8-,9+,13-. The highest BCUT2D eigenvalue weighted by Gasteiger charge is 2.57. The van der Waals surface area contributed by atoms with E-state index in [4.69, 9.17) is 5.73 Å². The molecule has 0 amide bonds. The van der Waals surface area contributed by atoms with Gasteiger partial charge in [-0.05, 0) is 24.0 Å². The fourth-order valence-electron chi connectivity index (χ4n) is 3.57. The number of fused-ring (bicyclic) bond motifs is 1. The number of nitrogen functional groups attached to an aromatic ring is 1. The molecule has 0 spiro atoms. The van der Waals surface area contributed by atoms with Crippen molar-refractivity contribution in [2.24, 2.45) is 11.8 Å². The van der Waals surface area contributed by atoms with Gasteiger partial charge in [-0.2, -0.15) is 18.3 Å². The average Bonchev–Trinajstić information content (AvgIpc) is 2.87. The third-order valence-electron chi connectivity index (χ3n) is 4.73. The van der Waals surface area contributed by atoms with Crippen LogP contribution in [0.2, 0.25) is 0 Å². The van der Waals surface area contributed by atoms with E-state index in [1.165, 1.54) is 6.20 Å². The lowest BCUT2D eigenvalue weighted by atomic mass is 10.1. The van der Waals surface area contributed by atoms with Crippen LogP contribution in [0.3, 0.4) is 0 Å². The second-order valence-electron chi connectivity index (χ2n) is 6.16. The van der Waals surface area contributed by atoms with Crippen molar-refractivity contribution < 1.29 is 18.0 Å². The Morgan fingerprint density at radius 2 is 1.91 bits per heavy atom. The van der Waals surface area contributed by atoms with Crippen molar-refractivity contribution in [3.63, 3.8) is 0 Å².